The van der Waals surface area contributed by atoms with Crippen molar-refractivity contribution in [1.29, 1.82) is 0 Å². The van der Waals surface area contributed by atoms with E-state index < -0.39 is 5.97 Å². The van der Waals surface area contributed by atoms with E-state index in [-0.39, 0.29) is 12.6 Å². The third kappa shape index (κ3) is 2.50. The number of rotatable bonds is 3. The first-order chi connectivity index (χ1) is 8.09. The predicted molar refractivity (Wildman–Crippen MR) is 67.1 cm³/mol. The van der Waals surface area contributed by atoms with E-state index in [1.54, 1.807) is 0 Å². The van der Waals surface area contributed by atoms with Crippen molar-refractivity contribution >= 4 is 5.97 Å². The van der Waals surface area contributed by atoms with Gasteiger partial charge in [-0.05, 0) is 49.9 Å². The average molecular weight is 233 g/mol. The van der Waals surface area contributed by atoms with Gasteiger partial charge >= 0.3 is 5.97 Å². The van der Waals surface area contributed by atoms with Gasteiger partial charge in [0.25, 0.3) is 0 Å². The average Bonchev–Trinajstić information content (AvgIpc) is 2.69. The van der Waals surface area contributed by atoms with Gasteiger partial charge in [0.1, 0.15) is 0 Å². The molecule has 1 atom stereocenters. The lowest BCUT2D eigenvalue weighted by molar-refractivity contribution is -0.138. The highest BCUT2D eigenvalue weighted by Crippen LogP contribution is 2.34. The Hall–Kier alpha value is -1.35. The molecule has 1 aromatic carbocycles. The lowest BCUT2D eigenvalue weighted by Gasteiger charge is -2.25. The molecule has 0 amide bonds. The maximum absolute atomic E-state index is 10.8. The molecular weight excluding hydrogens is 214 g/mol. The molecule has 0 radical (unpaired) electrons. The summed E-state index contributed by atoms with van der Waals surface area (Å²) in [4.78, 5) is 12.9. The third-order valence-electron chi connectivity index (χ3n) is 3.71. The monoisotopic (exact) mass is 233 g/mol. The third-order valence-corrected chi connectivity index (χ3v) is 3.71. The number of hydrogen-bond acceptors (Lipinski definition) is 2. The van der Waals surface area contributed by atoms with Crippen LogP contribution in [0.3, 0.4) is 0 Å². The van der Waals surface area contributed by atoms with E-state index >= 15 is 0 Å². The van der Waals surface area contributed by atoms with Gasteiger partial charge < -0.3 is 5.11 Å². The highest BCUT2D eigenvalue weighted by atomic mass is 16.4. The number of carboxylic acid groups (broad SMARTS) is 1. The van der Waals surface area contributed by atoms with Crippen LogP contribution in [0.15, 0.2) is 18.2 Å². The van der Waals surface area contributed by atoms with Crippen LogP contribution in [-0.4, -0.2) is 29.1 Å². The first-order valence-corrected chi connectivity index (χ1v) is 6.11. The second-order valence-electron chi connectivity index (χ2n) is 4.81. The molecule has 0 aromatic heterocycles. The second kappa shape index (κ2) is 4.88. The highest BCUT2D eigenvalue weighted by molar-refractivity contribution is 5.69. The maximum atomic E-state index is 10.8. The zero-order chi connectivity index (χ0) is 12.4. The van der Waals surface area contributed by atoms with E-state index in [2.05, 4.69) is 36.9 Å². The number of nitrogens with zero attached hydrogens (tertiary/aromatic N) is 1. The van der Waals surface area contributed by atoms with Crippen LogP contribution in [0.5, 0.6) is 0 Å². The Balaban J connectivity index is 2.26. The van der Waals surface area contributed by atoms with Gasteiger partial charge in [-0.25, -0.2) is 0 Å². The molecule has 1 aliphatic heterocycles. The minimum absolute atomic E-state index is 0.151. The summed E-state index contributed by atoms with van der Waals surface area (Å²) in [6, 6.07) is 6.59. The maximum Gasteiger partial charge on any atom is 0.317 e. The topological polar surface area (TPSA) is 40.5 Å². The molecule has 3 nitrogen and oxygen atoms in total. The van der Waals surface area contributed by atoms with Crippen LogP contribution in [0.2, 0.25) is 0 Å². The van der Waals surface area contributed by atoms with E-state index in [0.717, 1.165) is 19.4 Å². The smallest absolute Gasteiger partial charge is 0.317 e. The molecule has 17 heavy (non-hydrogen) atoms. The number of benzene rings is 1. The van der Waals surface area contributed by atoms with Gasteiger partial charge in [-0.3, -0.25) is 9.69 Å². The Kier molecular flexibility index (Phi) is 3.48. The molecule has 1 aromatic rings. The quantitative estimate of drug-likeness (QED) is 0.872. The summed E-state index contributed by atoms with van der Waals surface area (Å²) >= 11 is 0. The first-order valence-electron chi connectivity index (χ1n) is 6.11. The van der Waals surface area contributed by atoms with Gasteiger partial charge in [-0.15, -0.1) is 0 Å². The molecule has 1 fully saturated rings. The standard InChI is InChI=1S/C14H19NO2/c1-10-5-3-6-12(11(10)2)13-7-4-8-15(13)9-14(16)17/h3,5-6,13H,4,7-9H2,1-2H3,(H,16,17)/t13-/m1/s1. The fraction of sp³-hybridized carbons (Fsp3) is 0.500. The molecule has 0 bridgehead atoms. The zero-order valence-corrected chi connectivity index (χ0v) is 10.4. The molecule has 1 N–H and O–H groups in total. The molecule has 3 heteroatoms. The van der Waals surface area contributed by atoms with Gasteiger partial charge in [0.05, 0.1) is 6.54 Å². The van der Waals surface area contributed by atoms with Crippen molar-refractivity contribution < 1.29 is 9.90 Å². The summed E-state index contributed by atoms with van der Waals surface area (Å²) in [5.41, 5.74) is 3.88. The van der Waals surface area contributed by atoms with E-state index in [0.29, 0.717) is 0 Å². The number of likely N-dealkylation sites (tertiary alicyclic amines) is 1. The zero-order valence-electron chi connectivity index (χ0n) is 10.4. The van der Waals surface area contributed by atoms with E-state index in [9.17, 15) is 4.79 Å². The molecule has 1 saturated heterocycles. The summed E-state index contributed by atoms with van der Waals surface area (Å²) in [5, 5.41) is 8.92. The molecular formula is C14H19NO2. The Bertz CT molecular complexity index is 428. The van der Waals surface area contributed by atoms with Crippen molar-refractivity contribution in [3.05, 3.63) is 34.9 Å². The number of carbonyl (C=O) groups is 1. The van der Waals surface area contributed by atoms with Crippen molar-refractivity contribution in [3.63, 3.8) is 0 Å². The fourth-order valence-corrected chi connectivity index (χ4v) is 2.68. The largest absolute Gasteiger partial charge is 0.480 e. The van der Waals surface area contributed by atoms with Crippen LogP contribution >= 0.6 is 0 Å². The van der Waals surface area contributed by atoms with Gasteiger partial charge in [0, 0.05) is 6.04 Å². The Morgan fingerprint density at radius 2 is 2.24 bits per heavy atom. The molecule has 0 aliphatic carbocycles. The normalized spacial score (nSPS) is 20.7. The second-order valence-corrected chi connectivity index (χ2v) is 4.81. The summed E-state index contributed by atoms with van der Waals surface area (Å²) < 4.78 is 0. The molecule has 1 aliphatic rings. The molecule has 0 saturated carbocycles. The molecule has 0 unspecified atom stereocenters. The van der Waals surface area contributed by atoms with Crippen LogP contribution in [0.1, 0.15) is 35.6 Å². The van der Waals surface area contributed by atoms with Crippen LogP contribution in [0, 0.1) is 13.8 Å². The van der Waals surface area contributed by atoms with Crippen molar-refractivity contribution in [1.82, 2.24) is 4.90 Å². The van der Waals surface area contributed by atoms with E-state index in [1.807, 2.05) is 0 Å². The van der Waals surface area contributed by atoms with Gasteiger partial charge in [-0.1, -0.05) is 18.2 Å². The Labute approximate surface area is 102 Å². The highest BCUT2D eigenvalue weighted by Gasteiger charge is 2.28. The molecule has 0 spiro atoms. The molecule has 1 heterocycles. The number of aryl methyl sites for hydroxylation is 1. The van der Waals surface area contributed by atoms with Gasteiger partial charge in [0.2, 0.25) is 0 Å². The first kappa shape index (κ1) is 12.1. The molecule has 2 rings (SSSR count). The van der Waals surface area contributed by atoms with E-state index in [1.165, 1.54) is 16.7 Å². The predicted octanol–water partition coefficient (Wildman–Crippen LogP) is 2.52. The van der Waals surface area contributed by atoms with Crippen LogP contribution in [0.4, 0.5) is 0 Å². The Morgan fingerprint density at radius 3 is 2.94 bits per heavy atom. The summed E-state index contributed by atoms with van der Waals surface area (Å²) in [6.45, 7) is 5.28. The SMILES string of the molecule is Cc1cccc([C@H]2CCCN2CC(=O)O)c1C. The fourth-order valence-electron chi connectivity index (χ4n) is 2.68. The minimum atomic E-state index is -0.734. The lowest BCUT2D eigenvalue weighted by atomic mass is 9.96. The van der Waals surface area contributed by atoms with Crippen LogP contribution < -0.4 is 0 Å². The summed E-state index contributed by atoms with van der Waals surface area (Å²) in [6.07, 6.45) is 2.16. The van der Waals surface area contributed by atoms with Gasteiger partial charge in [0.15, 0.2) is 0 Å². The van der Waals surface area contributed by atoms with Crippen LogP contribution in [0.25, 0.3) is 0 Å². The minimum Gasteiger partial charge on any atom is -0.480 e. The van der Waals surface area contributed by atoms with Crippen molar-refractivity contribution in [2.75, 3.05) is 13.1 Å². The van der Waals surface area contributed by atoms with Crippen molar-refractivity contribution in [2.24, 2.45) is 0 Å². The Morgan fingerprint density at radius 1 is 1.47 bits per heavy atom. The lowest BCUT2D eigenvalue weighted by Crippen LogP contribution is -2.29. The van der Waals surface area contributed by atoms with E-state index in [4.69, 9.17) is 5.11 Å². The van der Waals surface area contributed by atoms with Crippen molar-refractivity contribution in [2.45, 2.75) is 32.7 Å². The molecule has 92 valence electrons. The number of hydrogen-bond donors (Lipinski definition) is 1. The van der Waals surface area contributed by atoms with Crippen LogP contribution in [-0.2, 0) is 4.79 Å². The summed E-state index contributed by atoms with van der Waals surface area (Å²) in [5.74, 6) is -0.734. The summed E-state index contributed by atoms with van der Waals surface area (Å²) in [7, 11) is 0. The number of carboxylic acids is 1. The number of aliphatic carboxylic acids is 1. The van der Waals surface area contributed by atoms with Gasteiger partial charge in [-0.2, -0.15) is 0 Å². The van der Waals surface area contributed by atoms with Crippen molar-refractivity contribution in [3.8, 4) is 0 Å².